The monoisotopic (exact) mass is 386 g/mol. The minimum absolute atomic E-state index is 0.264. The number of nitrogens with zero attached hydrogens (tertiary/aromatic N) is 4. The second-order valence-electron chi connectivity index (χ2n) is 6.45. The first-order valence-corrected chi connectivity index (χ1v) is 9.65. The van der Waals surface area contributed by atoms with E-state index in [9.17, 15) is 9.18 Å². The first kappa shape index (κ1) is 17.7. The van der Waals surface area contributed by atoms with Gasteiger partial charge in [-0.3, -0.25) is 10.1 Å². The van der Waals surface area contributed by atoms with Gasteiger partial charge in [-0.15, -0.1) is 16.4 Å². The van der Waals surface area contributed by atoms with Gasteiger partial charge in [0.15, 0.2) is 10.8 Å². The van der Waals surface area contributed by atoms with Gasteiger partial charge in [0.1, 0.15) is 5.82 Å². The molecule has 27 heavy (non-hydrogen) atoms. The molecule has 1 aliphatic rings. The molecule has 0 atom stereocenters. The Morgan fingerprint density at radius 3 is 2.96 bits per heavy atom. The summed E-state index contributed by atoms with van der Waals surface area (Å²) in [5.41, 5.74) is 2.34. The Kier molecular flexibility index (Phi) is 4.95. The molecular formula is C18H19FN6OS. The molecule has 1 fully saturated rings. The van der Waals surface area contributed by atoms with Crippen molar-refractivity contribution in [3.8, 4) is 11.3 Å². The standard InChI is InChI=1S/C18H19FN6OS/c1-11-16(23-24-25(11)14-5-7-20-8-6-14)17(26)22-18-21-15(10-27-18)12-3-2-4-13(19)9-12/h2-4,9-10,14,20H,5-8H2,1H3,(H,21,22,26). The van der Waals surface area contributed by atoms with Gasteiger partial charge >= 0.3 is 0 Å². The highest BCUT2D eigenvalue weighted by atomic mass is 32.1. The molecule has 3 heterocycles. The van der Waals surface area contributed by atoms with Crippen molar-refractivity contribution in [1.29, 1.82) is 0 Å². The topological polar surface area (TPSA) is 84.7 Å². The van der Waals surface area contributed by atoms with Gasteiger partial charge in [0, 0.05) is 10.9 Å². The summed E-state index contributed by atoms with van der Waals surface area (Å²) in [6, 6.07) is 6.46. The van der Waals surface area contributed by atoms with Crippen LogP contribution in [0.3, 0.4) is 0 Å². The van der Waals surface area contributed by atoms with Crippen LogP contribution in [0, 0.1) is 12.7 Å². The Balaban J connectivity index is 1.49. The molecule has 3 aromatic rings. The van der Waals surface area contributed by atoms with Crippen molar-refractivity contribution in [2.45, 2.75) is 25.8 Å². The van der Waals surface area contributed by atoms with Crippen LogP contribution < -0.4 is 10.6 Å². The van der Waals surface area contributed by atoms with Crippen LogP contribution in [-0.4, -0.2) is 39.0 Å². The first-order chi connectivity index (χ1) is 13.1. The number of hydrogen-bond donors (Lipinski definition) is 2. The van der Waals surface area contributed by atoms with E-state index in [2.05, 4.69) is 25.9 Å². The lowest BCUT2D eigenvalue weighted by atomic mass is 10.1. The molecule has 0 unspecified atom stereocenters. The number of nitrogens with one attached hydrogen (secondary N) is 2. The van der Waals surface area contributed by atoms with Crippen molar-refractivity contribution in [2.24, 2.45) is 0 Å². The lowest BCUT2D eigenvalue weighted by molar-refractivity contribution is 0.102. The number of piperidine rings is 1. The fraction of sp³-hybridized carbons (Fsp3) is 0.333. The number of halogens is 1. The smallest absolute Gasteiger partial charge is 0.279 e. The Hall–Kier alpha value is -2.65. The number of benzene rings is 1. The summed E-state index contributed by atoms with van der Waals surface area (Å²) in [4.78, 5) is 17.0. The van der Waals surface area contributed by atoms with Crippen molar-refractivity contribution >= 4 is 22.4 Å². The molecule has 0 spiro atoms. The van der Waals surface area contributed by atoms with Crippen LogP contribution in [0.15, 0.2) is 29.6 Å². The second kappa shape index (κ2) is 7.53. The zero-order chi connectivity index (χ0) is 18.8. The summed E-state index contributed by atoms with van der Waals surface area (Å²) >= 11 is 1.29. The minimum Gasteiger partial charge on any atom is -0.317 e. The van der Waals surface area contributed by atoms with Gasteiger partial charge in [-0.1, -0.05) is 17.3 Å². The molecule has 1 aliphatic heterocycles. The van der Waals surface area contributed by atoms with Gasteiger partial charge in [0.05, 0.1) is 17.4 Å². The van der Waals surface area contributed by atoms with E-state index in [-0.39, 0.29) is 17.8 Å². The molecule has 140 valence electrons. The molecule has 9 heteroatoms. The normalized spacial score (nSPS) is 15.0. The van der Waals surface area contributed by atoms with Crippen molar-refractivity contribution in [3.05, 3.63) is 46.9 Å². The Labute approximate surface area is 159 Å². The maximum atomic E-state index is 13.4. The van der Waals surface area contributed by atoms with Crippen molar-refractivity contribution in [2.75, 3.05) is 18.4 Å². The van der Waals surface area contributed by atoms with Gasteiger partial charge in [-0.05, 0) is 45.0 Å². The Bertz CT molecular complexity index is 962. The number of rotatable bonds is 4. The van der Waals surface area contributed by atoms with Gasteiger partial charge in [0.2, 0.25) is 0 Å². The molecule has 4 rings (SSSR count). The average molecular weight is 386 g/mol. The summed E-state index contributed by atoms with van der Waals surface area (Å²) < 4.78 is 15.2. The third-order valence-electron chi connectivity index (χ3n) is 4.64. The van der Waals surface area contributed by atoms with Gasteiger partial charge in [-0.25, -0.2) is 14.1 Å². The summed E-state index contributed by atoms with van der Waals surface area (Å²) in [6.45, 7) is 3.73. The summed E-state index contributed by atoms with van der Waals surface area (Å²) in [5.74, 6) is -0.663. The van der Waals surface area contributed by atoms with Gasteiger partial charge in [-0.2, -0.15) is 0 Å². The van der Waals surface area contributed by atoms with Crippen LogP contribution in [-0.2, 0) is 0 Å². The largest absolute Gasteiger partial charge is 0.317 e. The average Bonchev–Trinajstić information content (AvgIpc) is 3.29. The molecule has 0 aliphatic carbocycles. The lowest BCUT2D eigenvalue weighted by Gasteiger charge is -2.23. The number of carbonyl (C=O) groups is 1. The first-order valence-electron chi connectivity index (χ1n) is 8.77. The fourth-order valence-corrected chi connectivity index (χ4v) is 3.93. The molecule has 0 saturated carbocycles. The maximum Gasteiger partial charge on any atom is 0.279 e. The van der Waals surface area contributed by atoms with Crippen molar-refractivity contribution in [1.82, 2.24) is 25.3 Å². The number of amides is 1. The quantitative estimate of drug-likeness (QED) is 0.720. The van der Waals surface area contributed by atoms with E-state index in [4.69, 9.17) is 0 Å². The highest BCUT2D eigenvalue weighted by Crippen LogP contribution is 2.26. The highest BCUT2D eigenvalue weighted by Gasteiger charge is 2.23. The van der Waals surface area contributed by atoms with E-state index < -0.39 is 0 Å². The third kappa shape index (κ3) is 3.74. The summed E-state index contributed by atoms with van der Waals surface area (Å²) in [7, 11) is 0. The number of anilines is 1. The SMILES string of the molecule is Cc1c(C(=O)Nc2nc(-c3cccc(F)c3)cs2)nnn1C1CCNCC1. The van der Waals surface area contributed by atoms with E-state index in [0.717, 1.165) is 31.6 Å². The zero-order valence-electron chi connectivity index (χ0n) is 14.8. The van der Waals surface area contributed by atoms with E-state index >= 15 is 0 Å². The van der Waals surface area contributed by atoms with Crippen LogP contribution >= 0.6 is 11.3 Å². The Morgan fingerprint density at radius 1 is 1.37 bits per heavy atom. The van der Waals surface area contributed by atoms with E-state index in [1.165, 1.54) is 23.5 Å². The molecule has 0 bridgehead atoms. The molecule has 0 radical (unpaired) electrons. The van der Waals surface area contributed by atoms with Crippen LogP contribution in [0.2, 0.25) is 0 Å². The predicted molar refractivity (Wildman–Crippen MR) is 101 cm³/mol. The summed E-state index contributed by atoms with van der Waals surface area (Å²) in [5, 5.41) is 16.6. The van der Waals surface area contributed by atoms with Gasteiger partial charge in [0.25, 0.3) is 5.91 Å². The van der Waals surface area contributed by atoms with Crippen molar-refractivity contribution in [3.63, 3.8) is 0 Å². The molecular weight excluding hydrogens is 367 g/mol. The summed E-state index contributed by atoms with van der Waals surface area (Å²) in [6.07, 6.45) is 1.93. The van der Waals surface area contributed by atoms with E-state index in [1.807, 2.05) is 11.6 Å². The number of aromatic nitrogens is 4. The molecule has 1 saturated heterocycles. The van der Waals surface area contributed by atoms with E-state index in [0.29, 0.717) is 22.1 Å². The number of thiazole rings is 1. The van der Waals surface area contributed by atoms with Crippen LogP contribution in [0.1, 0.15) is 35.1 Å². The molecule has 1 amide bonds. The lowest BCUT2D eigenvalue weighted by Crippen LogP contribution is -2.30. The third-order valence-corrected chi connectivity index (χ3v) is 5.40. The van der Waals surface area contributed by atoms with Crippen LogP contribution in [0.5, 0.6) is 0 Å². The predicted octanol–water partition coefficient (Wildman–Crippen LogP) is 3.03. The Morgan fingerprint density at radius 2 is 2.19 bits per heavy atom. The molecule has 2 N–H and O–H groups in total. The van der Waals surface area contributed by atoms with Gasteiger partial charge < -0.3 is 5.32 Å². The number of hydrogen-bond acceptors (Lipinski definition) is 6. The van der Waals surface area contributed by atoms with Crippen molar-refractivity contribution < 1.29 is 9.18 Å². The number of carbonyl (C=O) groups excluding carboxylic acids is 1. The molecule has 2 aromatic heterocycles. The molecule has 7 nitrogen and oxygen atoms in total. The maximum absolute atomic E-state index is 13.4. The molecule has 1 aromatic carbocycles. The van der Waals surface area contributed by atoms with Crippen LogP contribution in [0.25, 0.3) is 11.3 Å². The second-order valence-corrected chi connectivity index (χ2v) is 7.31. The van der Waals surface area contributed by atoms with Crippen LogP contribution in [0.4, 0.5) is 9.52 Å². The van der Waals surface area contributed by atoms with E-state index in [1.54, 1.807) is 17.5 Å². The fourth-order valence-electron chi connectivity index (χ4n) is 3.22. The minimum atomic E-state index is -0.340. The zero-order valence-corrected chi connectivity index (χ0v) is 15.6. The highest BCUT2D eigenvalue weighted by molar-refractivity contribution is 7.14.